The smallest absolute Gasteiger partial charge is 0.235 e. The zero-order valence-electron chi connectivity index (χ0n) is 15.3. The van der Waals surface area contributed by atoms with Gasteiger partial charge in [0.1, 0.15) is 0 Å². The highest BCUT2D eigenvalue weighted by Gasteiger charge is 2.67. The van der Waals surface area contributed by atoms with Crippen LogP contribution in [-0.2, 0) is 18.7 Å². The number of alkyl halides is 1. The van der Waals surface area contributed by atoms with Crippen molar-refractivity contribution in [1.82, 2.24) is 4.90 Å². The van der Waals surface area contributed by atoms with Crippen molar-refractivity contribution in [3.63, 3.8) is 0 Å². The molecule has 4 nitrogen and oxygen atoms in total. The first kappa shape index (κ1) is 16.9. The number of rotatable bonds is 2. The molecule has 3 aliphatic carbocycles. The highest BCUT2D eigenvalue weighted by Crippen LogP contribution is 2.66. The maximum Gasteiger partial charge on any atom is 0.235 e. The van der Waals surface area contributed by atoms with Crippen LogP contribution in [0, 0.1) is 11.8 Å². The van der Waals surface area contributed by atoms with Crippen LogP contribution in [0.25, 0.3) is 0 Å². The summed E-state index contributed by atoms with van der Waals surface area (Å²) in [4.78, 5) is 28.6. The molecular formula is C23H20BrNO3. The lowest BCUT2D eigenvalue weighted by Crippen LogP contribution is -2.50. The van der Waals surface area contributed by atoms with Gasteiger partial charge >= 0.3 is 0 Å². The van der Waals surface area contributed by atoms with Crippen molar-refractivity contribution in [2.24, 2.45) is 11.8 Å². The van der Waals surface area contributed by atoms with Gasteiger partial charge in [0.2, 0.25) is 11.8 Å². The summed E-state index contributed by atoms with van der Waals surface area (Å²) in [5, 5.41) is 0. The molecule has 142 valence electrons. The van der Waals surface area contributed by atoms with Crippen LogP contribution in [0.15, 0.2) is 48.5 Å². The van der Waals surface area contributed by atoms with Crippen molar-refractivity contribution in [1.29, 1.82) is 0 Å². The fourth-order valence-corrected chi connectivity index (χ4v) is 7.11. The number of carbonyl (C=O) groups excluding carboxylic acids is 2. The third kappa shape index (κ3) is 1.94. The SMILES string of the molecule is O=C1[C@@H]2C3c4ccccc4C(Br)(c4ccccc43)[C@@H]2C(=O)N1C[C@H]1CCCO1. The van der Waals surface area contributed by atoms with Crippen molar-refractivity contribution in [3.8, 4) is 0 Å². The van der Waals surface area contributed by atoms with Crippen LogP contribution in [0.4, 0.5) is 0 Å². The van der Waals surface area contributed by atoms with Gasteiger partial charge in [-0.1, -0.05) is 64.5 Å². The van der Waals surface area contributed by atoms with E-state index in [1.165, 1.54) is 16.0 Å². The summed E-state index contributed by atoms with van der Waals surface area (Å²) in [6, 6.07) is 16.5. The molecule has 7 rings (SSSR count). The summed E-state index contributed by atoms with van der Waals surface area (Å²) >= 11 is 4.01. The minimum atomic E-state index is -0.655. The minimum absolute atomic E-state index is 0.0262. The molecule has 5 heteroatoms. The second-order valence-corrected chi connectivity index (χ2v) is 9.54. The summed E-state index contributed by atoms with van der Waals surface area (Å²) in [6.07, 6.45) is 1.88. The molecule has 0 aromatic heterocycles. The number of hydrogen-bond acceptors (Lipinski definition) is 3. The van der Waals surface area contributed by atoms with E-state index < -0.39 is 10.2 Å². The molecule has 2 fully saturated rings. The van der Waals surface area contributed by atoms with Crippen molar-refractivity contribution >= 4 is 27.7 Å². The minimum Gasteiger partial charge on any atom is -0.376 e. The summed E-state index contributed by atoms with van der Waals surface area (Å²) in [6.45, 7) is 1.10. The van der Waals surface area contributed by atoms with E-state index in [2.05, 4.69) is 40.2 Å². The van der Waals surface area contributed by atoms with Gasteiger partial charge in [0.15, 0.2) is 0 Å². The Hall–Kier alpha value is -1.98. The van der Waals surface area contributed by atoms with E-state index in [1.807, 2.05) is 24.3 Å². The summed E-state index contributed by atoms with van der Waals surface area (Å²) in [7, 11) is 0. The Bertz CT molecular complexity index is 965. The van der Waals surface area contributed by atoms with Gasteiger partial charge in [-0.3, -0.25) is 14.5 Å². The van der Waals surface area contributed by atoms with E-state index in [9.17, 15) is 9.59 Å². The van der Waals surface area contributed by atoms with Crippen molar-refractivity contribution in [3.05, 3.63) is 70.8 Å². The van der Waals surface area contributed by atoms with Crippen molar-refractivity contribution in [2.45, 2.75) is 29.2 Å². The molecule has 2 aromatic carbocycles. The van der Waals surface area contributed by atoms with E-state index in [-0.39, 0.29) is 29.8 Å². The van der Waals surface area contributed by atoms with Crippen LogP contribution < -0.4 is 0 Å². The first-order chi connectivity index (χ1) is 13.6. The topological polar surface area (TPSA) is 46.6 Å². The van der Waals surface area contributed by atoms with E-state index in [0.29, 0.717) is 6.54 Å². The molecule has 2 amide bonds. The number of halogens is 1. The Labute approximate surface area is 172 Å². The second kappa shape index (κ2) is 5.77. The number of carbonyl (C=O) groups is 2. The molecule has 2 heterocycles. The molecule has 2 aliphatic heterocycles. The molecule has 0 unspecified atom stereocenters. The van der Waals surface area contributed by atoms with Gasteiger partial charge in [-0.25, -0.2) is 0 Å². The van der Waals surface area contributed by atoms with E-state index in [0.717, 1.165) is 30.6 Å². The first-order valence-electron chi connectivity index (χ1n) is 9.97. The van der Waals surface area contributed by atoms with E-state index >= 15 is 0 Å². The van der Waals surface area contributed by atoms with Gasteiger partial charge in [-0.15, -0.1) is 0 Å². The summed E-state index contributed by atoms with van der Waals surface area (Å²) in [5.41, 5.74) is 4.58. The van der Waals surface area contributed by atoms with Crippen molar-refractivity contribution in [2.75, 3.05) is 13.2 Å². The predicted molar refractivity (Wildman–Crippen MR) is 107 cm³/mol. The molecule has 2 aromatic rings. The number of benzene rings is 2. The number of imide groups is 1. The molecule has 28 heavy (non-hydrogen) atoms. The highest BCUT2D eigenvalue weighted by molar-refractivity contribution is 9.09. The number of hydrogen-bond donors (Lipinski definition) is 0. The molecule has 2 bridgehead atoms. The van der Waals surface area contributed by atoms with Crippen LogP contribution in [0.3, 0.4) is 0 Å². The molecule has 0 radical (unpaired) electrons. The molecule has 3 atom stereocenters. The Balaban J connectivity index is 1.53. The largest absolute Gasteiger partial charge is 0.376 e. The monoisotopic (exact) mass is 437 g/mol. The van der Waals surface area contributed by atoms with Gasteiger partial charge < -0.3 is 4.74 Å². The third-order valence-corrected chi connectivity index (χ3v) is 8.36. The molecule has 0 spiro atoms. The van der Waals surface area contributed by atoms with Crippen LogP contribution in [0.5, 0.6) is 0 Å². The Morgan fingerprint density at radius 3 is 2.25 bits per heavy atom. The number of nitrogens with zero attached hydrogens (tertiary/aromatic N) is 1. The maximum absolute atomic E-state index is 13.6. The van der Waals surface area contributed by atoms with E-state index in [1.54, 1.807) is 0 Å². The normalized spacial score (nSPS) is 35.1. The van der Waals surface area contributed by atoms with Crippen LogP contribution in [0.2, 0.25) is 0 Å². The van der Waals surface area contributed by atoms with Crippen LogP contribution in [0.1, 0.15) is 41.0 Å². The number of ether oxygens (including phenoxy) is 1. The van der Waals surface area contributed by atoms with Gasteiger partial charge in [0.25, 0.3) is 0 Å². The van der Waals surface area contributed by atoms with Gasteiger partial charge in [0.05, 0.1) is 28.8 Å². The average Bonchev–Trinajstić information content (AvgIpc) is 3.32. The third-order valence-electron chi connectivity index (χ3n) is 7.02. The molecule has 0 N–H and O–H groups in total. The summed E-state index contributed by atoms with van der Waals surface area (Å²) in [5.74, 6) is -0.920. The highest BCUT2D eigenvalue weighted by atomic mass is 79.9. The maximum atomic E-state index is 13.6. The number of amides is 2. The lowest BCUT2D eigenvalue weighted by molar-refractivity contribution is -0.141. The fourth-order valence-electron chi connectivity index (χ4n) is 5.91. The quantitative estimate of drug-likeness (QED) is 0.532. The van der Waals surface area contributed by atoms with Gasteiger partial charge in [-0.05, 0) is 35.1 Å². The van der Waals surface area contributed by atoms with Crippen LogP contribution in [-0.4, -0.2) is 36.0 Å². The Kier molecular flexibility index (Phi) is 3.49. The van der Waals surface area contributed by atoms with Crippen molar-refractivity contribution < 1.29 is 14.3 Å². The molecule has 0 saturated carbocycles. The lowest BCUT2D eigenvalue weighted by atomic mass is 9.55. The predicted octanol–water partition coefficient (Wildman–Crippen LogP) is 3.56. The molecule has 5 aliphatic rings. The zero-order chi connectivity index (χ0) is 19.0. The second-order valence-electron chi connectivity index (χ2n) is 8.29. The average molecular weight is 438 g/mol. The van der Waals surface area contributed by atoms with Gasteiger partial charge in [0, 0.05) is 12.5 Å². The Morgan fingerprint density at radius 2 is 1.64 bits per heavy atom. The number of likely N-dealkylation sites (tertiary alicyclic amines) is 1. The Morgan fingerprint density at radius 1 is 1.00 bits per heavy atom. The molecule has 2 saturated heterocycles. The van der Waals surface area contributed by atoms with Gasteiger partial charge in [-0.2, -0.15) is 0 Å². The molecular weight excluding hydrogens is 418 g/mol. The first-order valence-corrected chi connectivity index (χ1v) is 10.8. The van der Waals surface area contributed by atoms with Crippen LogP contribution >= 0.6 is 15.9 Å². The standard InChI is InChI=1S/C23H20BrNO3/c24-23-16-9-3-1-7-14(16)18(15-8-2-4-10-17(15)23)19-20(23)22(27)25(21(19)26)12-13-6-5-11-28-13/h1-4,7-10,13,18-20H,5-6,11-12H2/t13-,18?,19-,20+,23?/m1/s1. The lowest BCUT2D eigenvalue weighted by Gasteiger charge is -2.51. The summed E-state index contributed by atoms with van der Waals surface area (Å²) < 4.78 is 5.07. The fraction of sp³-hybridized carbons (Fsp3) is 0.391. The zero-order valence-corrected chi connectivity index (χ0v) is 16.9. The van der Waals surface area contributed by atoms with E-state index in [4.69, 9.17) is 4.74 Å².